The van der Waals surface area contributed by atoms with Gasteiger partial charge in [-0.05, 0) is 48.6 Å². The molecule has 3 rings (SSSR count). The molecule has 0 aliphatic carbocycles. The van der Waals surface area contributed by atoms with Gasteiger partial charge in [-0.1, -0.05) is 12.1 Å². The van der Waals surface area contributed by atoms with Crippen LogP contribution in [0.25, 0.3) is 11.1 Å². The summed E-state index contributed by atoms with van der Waals surface area (Å²) in [6.07, 6.45) is 0. The maximum atomic E-state index is 12.6. The van der Waals surface area contributed by atoms with Crippen molar-refractivity contribution in [2.45, 2.75) is 0 Å². The molecule has 4 nitrogen and oxygen atoms in total. The lowest BCUT2D eigenvalue weighted by molar-refractivity contribution is 0.0959. The Labute approximate surface area is 120 Å². The van der Waals surface area contributed by atoms with Gasteiger partial charge in [-0.25, -0.2) is 4.57 Å². The molecule has 5 heteroatoms. The number of nitrogens with zero attached hydrogens (tertiary/aromatic N) is 1. The largest absolute Gasteiger partial charge is 0.429 e. The van der Waals surface area contributed by atoms with Gasteiger partial charge >= 0.3 is 0 Å². The molecule has 1 aromatic heterocycles. The van der Waals surface area contributed by atoms with E-state index in [1.807, 2.05) is 37.4 Å². The molecule has 0 aliphatic heterocycles. The number of carbonyl (C=O) groups is 1. The van der Waals surface area contributed by atoms with Crippen LogP contribution in [0, 0.1) is 4.84 Å². The molecule has 0 amide bonds. The summed E-state index contributed by atoms with van der Waals surface area (Å²) in [4.78, 5) is 12.7. The minimum absolute atomic E-state index is 0.161. The first kappa shape index (κ1) is 12.6. The Balaban J connectivity index is 2.12. The highest BCUT2D eigenvalue weighted by Crippen LogP contribution is 2.19. The number of aromatic nitrogens is 1. The van der Waals surface area contributed by atoms with Crippen LogP contribution in [0.1, 0.15) is 10.4 Å². The lowest BCUT2D eigenvalue weighted by Gasteiger charge is -2.04. The molecule has 0 fully saturated rings. The number of hydrogen-bond donors (Lipinski definition) is 1. The van der Waals surface area contributed by atoms with Gasteiger partial charge in [0.2, 0.25) is 0 Å². The van der Waals surface area contributed by atoms with E-state index in [2.05, 4.69) is 5.32 Å². The normalized spacial score (nSPS) is 10.7. The van der Waals surface area contributed by atoms with Crippen LogP contribution in [0.2, 0.25) is 0 Å². The second-order valence-electron chi connectivity index (χ2n) is 4.30. The molecule has 0 aliphatic rings. The summed E-state index contributed by atoms with van der Waals surface area (Å²) in [5, 5.41) is 3.01. The average molecular weight is 284 g/mol. The number of oxazole rings is 1. The molecule has 1 N–H and O–H groups in total. The molecule has 0 spiro atoms. The van der Waals surface area contributed by atoms with E-state index in [1.165, 1.54) is 4.57 Å². The van der Waals surface area contributed by atoms with Gasteiger partial charge in [0.15, 0.2) is 5.58 Å². The smallest absolute Gasteiger partial charge is 0.276 e. The summed E-state index contributed by atoms with van der Waals surface area (Å²) >= 11 is 5.14. The molecule has 1 heterocycles. The predicted octanol–water partition coefficient (Wildman–Crippen LogP) is 3.69. The van der Waals surface area contributed by atoms with Crippen LogP contribution in [0.4, 0.5) is 5.69 Å². The fraction of sp³-hybridized carbons (Fsp3) is 0.0667. The van der Waals surface area contributed by atoms with Crippen LogP contribution in [0.15, 0.2) is 52.9 Å². The van der Waals surface area contributed by atoms with E-state index in [-0.39, 0.29) is 10.7 Å². The number of hydrogen-bond acceptors (Lipinski definition) is 4. The average Bonchev–Trinajstić information content (AvgIpc) is 2.82. The highest BCUT2D eigenvalue weighted by atomic mass is 32.1. The fourth-order valence-electron chi connectivity index (χ4n) is 2.07. The molecule has 3 aromatic rings. The van der Waals surface area contributed by atoms with Crippen molar-refractivity contribution >= 4 is 34.9 Å². The molecule has 0 radical (unpaired) electrons. The van der Waals surface area contributed by atoms with E-state index in [0.29, 0.717) is 16.7 Å². The van der Waals surface area contributed by atoms with Crippen molar-refractivity contribution in [1.82, 2.24) is 4.57 Å². The van der Waals surface area contributed by atoms with E-state index >= 15 is 0 Å². The zero-order chi connectivity index (χ0) is 14.1. The molecule has 0 bridgehead atoms. The van der Waals surface area contributed by atoms with E-state index in [4.69, 9.17) is 16.6 Å². The number of carbonyl (C=O) groups excluding carboxylic acids is 1. The van der Waals surface area contributed by atoms with Crippen LogP contribution in [0.3, 0.4) is 0 Å². The number of benzene rings is 2. The summed E-state index contributed by atoms with van der Waals surface area (Å²) in [7, 11) is 1.83. The summed E-state index contributed by atoms with van der Waals surface area (Å²) in [6.45, 7) is 0. The Morgan fingerprint density at radius 2 is 1.85 bits per heavy atom. The van der Waals surface area contributed by atoms with Crippen LogP contribution in [0.5, 0.6) is 0 Å². The first-order valence-electron chi connectivity index (χ1n) is 6.14. The first-order valence-corrected chi connectivity index (χ1v) is 6.54. The van der Waals surface area contributed by atoms with Crippen molar-refractivity contribution in [2.75, 3.05) is 12.4 Å². The second-order valence-corrected chi connectivity index (χ2v) is 4.65. The first-order chi connectivity index (χ1) is 9.70. The maximum absolute atomic E-state index is 12.6. The summed E-state index contributed by atoms with van der Waals surface area (Å²) in [5.74, 6) is -0.192. The van der Waals surface area contributed by atoms with Gasteiger partial charge < -0.3 is 9.73 Å². The molecule has 0 unspecified atom stereocenters. The molecule has 20 heavy (non-hydrogen) atoms. The second kappa shape index (κ2) is 4.94. The van der Waals surface area contributed by atoms with Gasteiger partial charge in [0.1, 0.15) is 0 Å². The Bertz CT molecular complexity index is 831. The van der Waals surface area contributed by atoms with Gasteiger partial charge in [-0.2, -0.15) is 0 Å². The standard InChI is InChI=1S/C15H12N2O2S/c1-16-11-8-6-10(7-9-11)14(18)17-12-4-2-3-5-13(12)19-15(17)20/h2-9,16H,1H3. The number of fused-ring (bicyclic) bond motifs is 1. The minimum Gasteiger partial charge on any atom is -0.429 e. The van der Waals surface area contributed by atoms with E-state index in [1.54, 1.807) is 18.2 Å². The van der Waals surface area contributed by atoms with Crippen molar-refractivity contribution in [3.8, 4) is 0 Å². The minimum atomic E-state index is -0.192. The summed E-state index contributed by atoms with van der Waals surface area (Å²) < 4.78 is 6.85. The maximum Gasteiger partial charge on any atom is 0.276 e. The highest BCUT2D eigenvalue weighted by molar-refractivity contribution is 7.71. The fourth-order valence-corrected chi connectivity index (χ4v) is 2.34. The summed E-state index contributed by atoms with van der Waals surface area (Å²) in [6, 6.07) is 14.5. The molecule has 0 saturated carbocycles. The van der Waals surface area contributed by atoms with Crippen LogP contribution >= 0.6 is 12.2 Å². The Morgan fingerprint density at radius 3 is 2.55 bits per heavy atom. The van der Waals surface area contributed by atoms with E-state index in [9.17, 15) is 4.79 Å². The third kappa shape index (κ3) is 2.02. The van der Waals surface area contributed by atoms with Crippen LogP contribution in [-0.2, 0) is 0 Å². The Kier molecular flexibility index (Phi) is 3.12. The molecule has 100 valence electrons. The lowest BCUT2D eigenvalue weighted by Crippen LogP contribution is -2.11. The van der Waals surface area contributed by atoms with Gasteiger partial charge in [0.05, 0.1) is 5.52 Å². The van der Waals surface area contributed by atoms with Gasteiger partial charge in [-0.15, -0.1) is 0 Å². The third-order valence-corrected chi connectivity index (χ3v) is 3.38. The van der Waals surface area contributed by atoms with Crippen molar-refractivity contribution < 1.29 is 9.21 Å². The topological polar surface area (TPSA) is 47.2 Å². The zero-order valence-electron chi connectivity index (χ0n) is 10.8. The van der Waals surface area contributed by atoms with Crippen molar-refractivity contribution in [3.05, 3.63) is 58.9 Å². The van der Waals surface area contributed by atoms with Crippen LogP contribution in [-0.4, -0.2) is 17.5 Å². The third-order valence-electron chi connectivity index (χ3n) is 3.11. The number of anilines is 1. The SMILES string of the molecule is CNc1ccc(C(=O)n2c(=S)oc3ccccc32)cc1. The van der Waals surface area contributed by atoms with Gasteiger partial charge in [-0.3, -0.25) is 4.79 Å². The molecular weight excluding hydrogens is 272 g/mol. The number of nitrogens with one attached hydrogen (secondary N) is 1. The van der Waals surface area contributed by atoms with Gasteiger partial charge in [0, 0.05) is 18.3 Å². The van der Waals surface area contributed by atoms with E-state index in [0.717, 1.165) is 5.69 Å². The summed E-state index contributed by atoms with van der Waals surface area (Å²) in [5.41, 5.74) is 2.80. The molecule has 0 saturated heterocycles. The monoisotopic (exact) mass is 284 g/mol. The van der Waals surface area contributed by atoms with Crippen LogP contribution < -0.4 is 5.32 Å². The quantitative estimate of drug-likeness (QED) is 0.729. The molecule has 2 aromatic carbocycles. The highest BCUT2D eigenvalue weighted by Gasteiger charge is 2.15. The Hall–Kier alpha value is -2.40. The van der Waals surface area contributed by atoms with Crippen molar-refractivity contribution in [2.24, 2.45) is 0 Å². The van der Waals surface area contributed by atoms with E-state index < -0.39 is 0 Å². The van der Waals surface area contributed by atoms with Crippen molar-refractivity contribution in [3.63, 3.8) is 0 Å². The predicted molar refractivity (Wildman–Crippen MR) is 80.8 cm³/mol. The Morgan fingerprint density at radius 1 is 1.15 bits per heavy atom. The number of para-hydroxylation sites is 2. The van der Waals surface area contributed by atoms with Crippen molar-refractivity contribution in [1.29, 1.82) is 0 Å². The molecule has 0 atom stereocenters. The number of rotatable bonds is 2. The van der Waals surface area contributed by atoms with Gasteiger partial charge in [0.25, 0.3) is 10.7 Å². The molecular formula is C15H12N2O2S. The lowest BCUT2D eigenvalue weighted by atomic mass is 10.2. The zero-order valence-corrected chi connectivity index (χ0v) is 11.6.